The minimum Gasteiger partial charge on any atom is -0.341 e. The van der Waals surface area contributed by atoms with Gasteiger partial charge in [-0.3, -0.25) is 19.5 Å². The number of carbonyl (C=O) groups is 1. The number of hydrogen-bond donors (Lipinski definition) is 1. The summed E-state index contributed by atoms with van der Waals surface area (Å²) in [6, 6.07) is 13.9. The largest absolute Gasteiger partial charge is 0.341 e. The van der Waals surface area contributed by atoms with Gasteiger partial charge in [0.2, 0.25) is 5.91 Å². The van der Waals surface area contributed by atoms with Crippen LogP contribution in [0.2, 0.25) is 0 Å². The standard InChI is InChI=1S/C26H29N5O2/c1-18(20-7-3-2-4-8-20)26(33)31-13-9-21(16-31)24-28-23-17-30(12-10-22(23)25(32)29-24)15-19-6-5-11-27-14-19/h2-8,11,14,18,21H,9-10,12-13,15-17H2,1H3,(H,28,29,32)/t18-,21-/m1/s1. The van der Waals surface area contributed by atoms with Crippen molar-refractivity contribution in [2.75, 3.05) is 19.6 Å². The van der Waals surface area contributed by atoms with E-state index in [0.717, 1.165) is 41.9 Å². The van der Waals surface area contributed by atoms with Crippen molar-refractivity contribution in [2.45, 2.75) is 44.7 Å². The van der Waals surface area contributed by atoms with Gasteiger partial charge >= 0.3 is 0 Å². The molecule has 1 saturated heterocycles. The summed E-state index contributed by atoms with van der Waals surface area (Å²) >= 11 is 0. The molecule has 0 spiro atoms. The van der Waals surface area contributed by atoms with E-state index in [1.807, 2.05) is 54.4 Å². The molecule has 0 unspecified atom stereocenters. The second kappa shape index (κ2) is 9.27. The van der Waals surface area contributed by atoms with Crippen LogP contribution in [0.5, 0.6) is 0 Å². The van der Waals surface area contributed by atoms with Gasteiger partial charge in [0, 0.05) is 56.6 Å². The Kier molecular flexibility index (Phi) is 6.05. The molecular weight excluding hydrogens is 414 g/mol. The first-order valence-corrected chi connectivity index (χ1v) is 11.7. The quantitative estimate of drug-likeness (QED) is 0.656. The Morgan fingerprint density at radius 2 is 2.03 bits per heavy atom. The molecule has 7 heteroatoms. The fraction of sp³-hybridized carbons (Fsp3) is 0.385. The fourth-order valence-corrected chi connectivity index (χ4v) is 4.93. The minimum absolute atomic E-state index is 0.0292. The summed E-state index contributed by atoms with van der Waals surface area (Å²) < 4.78 is 0. The molecule has 170 valence electrons. The van der Waals surface area contributed by atoms with E-state index in [0.29, 0.717) is 31.9 Å². The molecule has 1 N–H and O–H groups in total. The van der Waals surface area contributed by atoms with E-state index in [-0.39, 0.29) is 23.3 Å². The van der Waals surface area contributed by atoms with Crippen molar-refractivity contribution in [3.05, 3.63) is 93.4 Å². The highest BCUT2D eigenvalue weighted by Gasteiger charge is 2.32. The summed E-state index contributed by atoms with van der Waals surface area (Å²) in [7, 11) is 0. The molecule has 4 heterocycles. The molecule has 5 rings (SSSR count). The van der Waals surface area contributed by atoms with E-state index in [2.05, 4.69) is 20.9 Å². The number of rotatable bonds is 5. The second-order valence-electron chi connectivity index (χ2n) is 9.10. The van der Waals surface area contributed by atoms with Gasteiger partial charge in [0.15, 0.2) is 0 Å². The van der Waals surface area contributed by atoms with Crippen molar-refractivity contribution in [1.82, 2.24) is 24.8 Å². The predicted octanol–water partition coefficient (Wildman–Crippen LogP) is 2.84. The van der Waals surface area contributed by atoms with Gasteiger partial charge in [0.25, 0.3) is 5.56 Å². The normalized spacial score (nSPS) is 19.3. The van der Waals surface area contributed by atoms with Gasteiger partial charge in [-0.05, 0) is 37.0 Å². The third-order valence-corrected chi connectivity index (χ3v) is 6.86. The average Bonchev–Trinajstić information content (AvgIpc) is 3.34. The lowest BCUT2D eigenvalue weighted by molar-refractivity contribution is -0.131. The van der Waals surface area contributed by atoms with E-state index in [9.17, 15) is 9.59 Å². The lowest BCUT2D eigenvalue weighted by Crippen LogP contribution is -2.36. The molecule has 0 saturated carbocycles. The summed E-state index contributed by atoms with van der Waals surface area (Å²) in [5.74, 6) is 0.724. The van der Waals surface area contributed by atoms with Crippen molar-refractivity contribution in [2.24, 2.45) is 0 Å². The summed E-state index contributed by atoms with van der Waals surface area (Å²) in [4.78, 5) is 42.2. The number of aromatic amines is 1. The van der Waals surface area contributed by atoms with E-state index in [1.165, 1.54) is 0 Å². The molecule has 33 heavy (non-hydrogen) atoms. The van der Waals surface area contributed by atoms with Crippen LogP contribution in [0.1, 0.15) is 53.4 Å². The molecule has 2 aliphatic rings. The van der Waals surface area contributed by atoms with Crippen molar-refractivity contribution >= 4 is 5.91 Å². The van der Waals surface area contributed by atoms with Gasteiger partial charge in [-0.1, -0.05) is 36.4 Å². The zero-order valence-corrected chi connectivity index (χ0v) is 18.9. The van der Waals surface area contributed by atoms with E-state index in [1.54, 1.807) is 6.20 Å². The van der Waals surface area contributed by atoms with Gasteiger partial charge < -0.3 is 9.88 Å². The highest BCUT2D eigenvalue weighted by molar-refractivity contribution is 5.83. The van der Waals surface area contributed by atoms with E-state index in [4.69, 9.17) is 4.98 Å². The first-order valence-electron chi connectivity index (χ1n) is 11.7. The molecule has 0 bridgehead atoms. The Balaban J connectivity index is 1.29. The smallest absolute Gasteiger partial charge is 0.254 e. The fourth-order valence-electron chi connectivity index (χ4n) is 4.93. The van der Waals surface area contributed by atoms with Crippen LogP contribution < -0.4 is 5.56 Å². The number of nitrogens with zero attached hydrogens (tertiary/aromatic N) is 4. The summed E-state index contributed by atoms with van der Waals surface area (Å²) in [6.07, 6.45) is 5.17. The number of hydrogen-bond acceptors (Lipinski definition) is 5. The van der Waals surface area contributed by atoms with Crippen LogP contribution in [-0.4, -0.2) is 50.3 Å². The zero-order valence-electron chi connectivity index (χ0n) is 18.9. The summed E-state index contributed by atoms with van der Waals surface area (Å²) in [5.41, 5.74) is 3.82. The number of H-pyrrole nitrogens is 1. The van der Waals surface area contributed by atoms with Crippen LogP contribution in [-0.2, 0) is 24.3 Å². The topological polar surface area (TPSA) is 82.2 Å². The Hall–Kier alpha value is -3.32. The summed E-state index contributed by atoms with van der Waals surface area (Å²) in [6.45, 7) is 5.52. The Bertz CT molecular complexity index is 1180. The van der Waals surface area contributed by atoms with Gasteiger partial charge in [0.05, 0.1) is 11.6 Å². The van der Waals surface area contributed by atoms with Crippen molar-refractivity contribution in [1.29, 1.82) is 0 Å². The molecule has 3 aromatic rings. The van der Waals surface area contributed by atoms with Crippen LogP contribution in [0.25, 0.3) is 0 Å². The van der Waals surface area contributed by atoms with Gasteiger partial charge in [-0.25, -0.2) is 4.98 Å². The number of likely N-dealkylation sites (tertiary alicyclic amines) is 1. The Morgan fingerprint density at radius 3 is 2.82 bits per heavy atom. The Morgan fingerprint density at radius 1 is 1.18 bits per heavy atom. The van der Waals surface area contributed by atoms with Crippen molar-refractivity contribution < 1.29 is 4.79 Å². The molecule has 1 aromatic carbocycles. The number of benzene rings is 1. The van der Waals surface area contributed by atoms with Crippen LogP contribution in [0.4, 0.5) is 0 Å². The molecule has 0 radical (unpaired) electrons. The monoisotopic (exact) mass is 443 g/mol. The maximum atomic E-state index is 13.1. The average molecular weight is 444 g/mol. The zero-order chi connectivity index (χ0) is 22.8. The number of carbonyl (C=O) groups excluding carboxylic acids is 1. The Labute approximate surface area is 193 Å². The first kappa shape index (κ1) is 21.5. The number of nitrogens with one attached hydrogen (secondary N) is 1. The molecule has 2 aromatic heterocycles. The van der Waals surface area contributed by atoms with E-state index >= 15 is 0 Å². The highest BCUT2D eigenvalue weighted by atomic mass is 16.2. The molecule has 1 amide bonds. The summed E-state index contributed by atoms with van der Waals surface area (Å²) in [5, 5.41) is 0. The highest BCUT2D eigenvalue weighted by Crippen LogP contribution is 2.28. The number of aromatic nitrogens is 3. The third kappa shape index (κ3) is 4.59. The maximum absolute atomic E-state index is 13.1. The van der Waals surface area contributed by atoms with Gasteiger partial charge in [-0.2, -0.15) is 0 Å². The number of fused-ring (bicyclic) bond motifs is 1. The SMILES string of the molecule is C[C@@H](C(=O)N1CC[C@@H](c2nc3c(c(=O)[nH]2)CCN(Cc2cccnc2)C3)C1)c1ccccc1. The van der Waals surface area contributed by atoms with Crippen LogP contribution >= 0.6 is 0 Å². The molecule has 2 aliphatic heterocycles. The molecule has 2 atom stereocenters. The first-order chi connectivity index (χ1) is 16.1. The van der Waals surface area contributed by atoms with Gasteiger partial charge in [-0.15, -0.1) is 0 Å². The molecular formula is C26H29N5O2. The predicted molar refractivity (Wildman–Crippen MR) is 126 cm³/mol. The molecule has 1 fully saturated rings. The number of amides is 1. The van der Waals surface area contributed by atoms with Gasteiger partial charge in [0.1, 0.15) is 5.82 Å². The van der Waals surface area contributed by atoms with E-state index < -0.39 is 0 Å². The number of pyridine rings is 1. The maximum Gasteiger partial charge on any atom is 0.254 e. The molecule has 7 nitrogen and oxygen atoms in total. The van der Waals surface area contributed by atoms with Crippen molar-refractivity contribution in [3.63, 3.8) is 0 Å². The van der Waals surface area contributed by atoms with Crippen LogP contribution in [0.3, 0.4) is 0 Å². The lowest BCUT2D eigenvalue weighted by Gasteiger charge is -2.28. The van der Waals surface area contributed by atoms with Crippen molar-refractivity contribution in [3.8, 4) is 0 Å². The molecule has 0 aliphatic carbocycles. The lowest BCUT2D eigenvalue weighted by atomic mass is 10.00. The third-order valence-electron chi connectivity index (χ3n) is 6.86. The minimum atomic E-state index is -0.179. The second-order valence-corrected chi connectivity index (χ2v) is 9.10. The van der Waals surface area contributed by atoms with Crippen LogP contribution in [0.15, 0.2) is 59.7 Å². The van der Waals surface area contributed by atoms with Crippen LogP contribution in [0, 0.1) is 0 Å².